The molecule has 4 heteroatoms. The van der Waals surface area contributed by atoms with Crippen molar-refractivity contribution in [2.45, 2.75) is 44.7 Å². The van der Waals surface area contributed by atoms with Crippen LogP contribution in [0.5, 0.6) is 0 Å². The normalized spacial score (nSPS) is 18.7. The number of nitrogens with one attached hydrogen (secondary N) is 1. The first-order chi connectivity index (χ1) is 10.9. The number of benzene rings is 1. The SMILES string of the molecule is c1ccc(NCc2csc(C3CC3)n2)c(CN2CCCC2)c1. The van der Waals surface area contributed by atoms with E-state index in [0.29, 0.717) is 0 Å². The maximum absolute atomic E-state index is 4.77. The van der Waals surface area contributed by atoms with Crippen molar-refractivity contribution in [1.82, 2.24) is 9.88 Å². The lowest BCUT2D eigenvalue weighted by atomic mass is 10.1. The summed E-state index contributed by atoms with van der Waals surface area (Å²) in [6, 6.07) is 8.70. The summed E-state index contributed by atoms with van der Waals surface area (Å²) in [6.07, 6.45) is 5.36. The van der Waals surface area contributed by atoms with Crippen LogP contribution in [0.4, 0.5) is 5.69 Å². The summed E-state index contributed by atoms with van der Waals surface area (Å²) in [5.74, 6) is 0.765. The fourth-order valence-corrected chi connectivity index (χ4v) is 4.11. The number of likely N-dealkylation sites (tertiary alicyclic amines) is 1. The summed E-state index contributed by atoms with van der Waals surface area (Å²) in [4.78, 5) is 7.32. The highest BCUT2D eigenvalue weighted by Crippen LogP contribution is 2.41. The van der Waals surface area contributed by atoms with Gasteiger partial charge >= 0.3 is 0 Å². The van der Waals surface area contributed by atoms with Crippen molar-refractivity contribution in [3.8, 4) is 0 Å². The molecule has 1 aliphatic carbocycles. The molecule has 2 aromatic rings. The van der Waals surface area contributed by atoms with Gasteiger partial charge in [-0.1, -0.05) is 18.2 Å². The smallest absolute Gasteiger partial charge is 0.0960 e. The Morgan fingerprint density at radius 1 is 1.18 bits per heavy atom. The van der Waals surface area contributed by atoms with Gasteiger partial charge in [-0.3, -0.25) is 4.90 Å². The Kier molecular flexibility index (Phi) is 4.13. The third kappa shape index (κ3) is 3.33. The van der Waals surface area contributed by atoms with Crippen LogP contribution in [0.2, 0.25) is 0 Å². The summed E-state index contributed by atoms with van der Waals surface area (Å²) < 4.78 is 0. The largest absolute Gasteiger partial charge is 0.379 e. The van der Waals surface area contributed by atoms with Gasteiger partial charge in [-0.25, -0.2) is 4.98 Å². The molecular weight excluding hydrogens is 290 g/mol. The Morgan fingerprint density at radius 2 is 2.00 bits per heavy atom. The molecule has 0 amide bonds. The molecule has 1 N–H and O–H groups in total. The fraction of sp³-hybridized carbons (Fsp3) is 0.500. The molecule has 1 aliphatic heterocycles. The van der Waals surface area contributed by atoms with Gasteiger partial charge in [0.05, 0.1) is 17.2 Å². The second-order valence-corrected chi connectivity index (χ2v) is 7.33. The summed E-state index contributed by atoms with van der Waals surface area (Å²) in [5.41, 5.74) is 3.85. The average Bonchev–Trinajstić information content (AvgIpc) is 3.07. The van der Waals surface area contributed by atoms with Crippen LogP contribution in [0.3, 0.4) is 0 Å². The average molecular weight is 313 g/mol. The monoisotopic (exact) mass is 313 g/mol. The minimum atomic E-state index is 0.765. The molecule has 0 bridgehead atoms. The number of aromatic nitrogens is 1. The molecular formula is C18H23N3S. The molecule has 1 saturated heterocycles. The van der Waals surface area contributed by atoms with Gasteiger partial charge in [0.15, 0.2) is 0 Å². The molecule has 0 radical (unpaired) electrons. The Hall–Kier alpha value is -1.39. The number of nitrogens with zero attached hydrogens (tertiary/aromatic N) is 2. The van der Waals surface area contributed by atoms with Crippen LogP contribution in [0.1, 0.15) is 47.9 Å². The van der Waals surface area contributed by atoms with E-state index < -0.39 is 0 Å². The van der Waals surface area contributed by atoms with E-state index in [4.69, 9.17) is 4.98 Å². The zero-order valence-electron chi connectivity index (χ0n) is 12.9. The highest BCUT2D eigenvalue weighted by molar-refractivity contribution is 7.09. The Bertz CT molecular complexity index is 627. The molecule has 0 unspecified atom stereocenters. The van der Waals surface area contributed by atoms with E-state index in [1.807, 2.05) is 11.3 Å². The van der Waals surface area contributed by atoms with Crippen molar-refractivity contribution in [2.24, 2.45) is 0 Å². The van der Waals surface area contributed by atoms with Crippen molar-refractivity contribution in [3.63, 3.8) is 0 Å². The first kappa shape index (κ1) is 14.2. The summed E-state index contributed by atoms with van der Waals surface area (Å²) in [7, 11) is 0. The van der Waals surface area contributed by atoms with Gasteiger partial charge in [0.25, 0.3) is 0 Å². The molecule has 4 rings (SSSR count). The van der Waals surface area contributed by atoms with E-state index in [-0.39, 0.29) is 0 Å². The van der Waals surface area contributed by atoms with Crippen LogP contribution in [0, 0.1) is 0 Å². The third-order valence-corrected chi connectivity index (χ3v) is 5.62. The Balaban J connectivity index is 1.40. The van der Waals surface area contributed by atoms with Crippen molar-refractivity contribution in [3.05, 3.63) is 45.9 Å². The van der Waals surface area contributed by atoms with E-state index in [1.165, 1.54) is 60.7 Å². The zero-order chi connectivity index (χ0) is 14.8. The topological polar surface area (TPSA) is 28.2 Å². The number of rotatable bonds is 6. The molecule has 2 heterocycles. The standard InChI is InChI=1S/C18H23N3S/c1-2-6-17(15(5-1)12-21-9-3-4-10-21)19-11-16-13-22-18(20-16)14-7-8-14/h1-2,5-6,13-14,19H,3-4,7-12H2. The van der Waals surface area contributed by atoms with Crippen molar-refractivity contribution in [1.29, 1.82) is 0 Å². The summed E-state index contributed by atoms with van der Waals surface area (Å²) in [5, 5.41) is 7.14. The maximum atomic E-state index is 4.77. The number of para-hydroxylation sites is 1. The van der Waals surface area contributed by atoms with Crippen LogP contribution in [0.15, 0.2) is 29.6 Å². The van der Waals surface area contributed by atoms with Crippen LogP contribution in [-0.2, 0) is 13.1 Å². The van der Waals surface area contributed by atoms with Crippen molar-refractivity contribution in [2.75, 3.05) is 18.4 Å². The van der Waals surface area contributed by atoms with Crippen LogP contribution in [-0.4, -0.2) is 23.0 Å². The second kappa shape index (κ2) is 6.39. The minimum absolute atomic E-state index is 0.765. The predicted octanol–water partition coefficient (Wildman–Crippen LogP) is 4.23. The molecule has 1 saturated carbocycles. The van der Waals surface area contributed by atoms with Gasteiger partial charge in [-0.15, -0.1) is 11.3 Å². The molecule has 2 fully saturated rings. The van der Waals surface area contributed by atoms with E-state index in [2.05, 4.69) is 39.9 Å². The Morgan fingerprint density at radius 3 is 2.82 bits per heavy atom. The van der Waals surface area contributed by atoms with Crippen LogP contribution >= 0.6 is 11.3 Å². The number of hydrogen-bond donors (Lipinski definition) is 1. The third-order valence-electron chi connectivity index (χ3n) is 4.57. The number of hydrogen-bond acceptors (Lipinski definition) is 4. The summed E-state index contributed by atoms with van der Waals surface area (Å²) >= 11 is 1.83. The van der Waals surface area contributed by atoms with E-state index in [0.717, 1.165) is 19.0 Å². The van der Waals surface area contributed by atoms with Crippen LogP contribution < -0.4 is 5.32 Å². The quantitative estimate of drug-likeness (QED) is 0.865. The lowest BCUT2D eigenvalue weighted by Crippen LogP contribution is -2.19. The minimum Gasteiger partial charge on any atom is -0.379 e. The molecule has 3 nitrogen and oxygen atoms in total. The van der Waals surface area contributed by atoms with Gasteiger partial charge in [-0.2, -0.15) is 0 Å². The molecule has 22 heavy (non-hydrogen) atoms. The van der Waals surface area contributed by atoms with Gasteiger partial charge in [0.1, 0.15) is 0 Å². The van der Waals surface area contributed by atoms with Crippen molar-refractivity contribution < 1.29 is 0 Å². The van der Waals surface area contributed by atoms with E-state index in [9.17, 15) is 0 Å². The molecule has 0 spiro atoms. The first-order valence-electron chi connectivity index (χ1n) is 8.37. The Labute approximate surface area is 136 Å². The van der Waals surface area contributed by atoms with E-state index >= 15 is 0 Å². The maximum Gasteiger partial charge on any atom is 0.0960 e. The molecule has 1 aromatic heterocycles. The lowest BCUT2D eigenvalue weighted by molar-refractivity contribution is 0.332. The molecule has 1 aromatic carbocycles. The fourth-order valence-electron chi connectivity index (χ4n) is 3.12. The second-order valence-electron chi connectivity index (χ2n) is 6.45. The predicted molar refractivity (Wildman–Crippen MR) is 92.4 cm³/mol. The summed E-state index contributed by atoms with van der Waals surface area (Å²) in [6.45, 7) is 4.38. The van der Waals surface area contributed by atoms with Gasteiger partial charge < -0.3 is 5.32 Å². The first-order valence-corrected chi connectivity index (χ1v) is 9.25. The van der Waals surface area contributed by atoms with E-state index in [1.54, 1.807) is 0 Å². The van der Waals surface area contributed by atoms with Gasteiger partial charge in [0.2, 0.25) is 0 Å². The van der Waals surface area contributed by atoms with Crippen LogP contribution in [0.25, 0.3) is 0 Å². The van der Waals surface area contributed by atoms with Gasteiger partial charge in [0, 0.05) is 23.5 Å². The highest BCUT2D eigenvalue weighted by Gasteiger charge is 2.26. The number of thiazole rings is 1. The molecule has 2 aliphatic rings. The van der Waals surface area contributed by atoms with Crippen molar-refractivity contribution >= 4 is 17.0 Å². The number of anilines is 1. The molecule has 0 atom stereocenters. The zero-order valence-corrected chi connectivity index (χ0v) is 13.7. The highest BCUT2D eigenvalue weighted by atomic mass is 32.1. The molecule has 116 valence electrons. The van der Waals surface area contributed by atoms with Gasteiger partial charge in [-0.05, 0) is 50.4 Å². The lowest BCUT2D eigenvalue weighted by Gasteiger charge is -2.18.